The minimum atomic E-state index is -0.0716. The molecule has 1 aromatic carbocycles. The number of ketones is 1. The fourth-order valence-corrected chi connectivity index (χ4v) is 1.70. The molecule has 0 bridgehead atoms. The van der Waals surface area contributed by atoms with Crippen molar-refractivity contribution in [3.8, 4) is 0 Å². The highest BCUT2D eigenvalue weighted by Crippen LogP contribution is 2.23. The molecule has 0 aromatic heterocycles. The summed E-state index contributed by atoms with van der Waals surface area (Å²) in [4.78, 5) is 21.6. The number of halogens is 2. The van der Waals surface area contributed by atoms with Crippen LogP contribution in [-0.4, -0.2) is 12.1 Å². The molecule has 1 rings (SSSR count). The van der Waals surface area contributed by atoms with Gasteiger partial charge in [0.25, 0.3) is 0 Å². The van der Waals surface area contributed by atoms with Gasteiger partial charge in [-0.1, -0.05) is 11.6 Å². The molecule has 0 N–H and O–H groups in total. The highest BCUT2D eigenvalue weighted by atomic mass is 127. The number of carbonyl (C=O) groups is 2. The number of rotatable bonds is 2. The third-order valence-corrected chi connectivity index (χ3v) is 3.18. The van der Waals surface area contributed by atoms with Crippen LogP contribution in [-0.2, 0) is 0 Å². The van der Waals surface area contributed by atoms with Gasteiger partial charge in [-0.2, -0.15) is 0 Å². The van der Waals surface area contributed by atoms with Crippen LogP contribution >= 0.6 is 34.2 Å². The molecule has 0 heterocycles. The molecule has 68 valence electrons. The van der Waals surface area contributed by atoms with Crippen molar-refractivity contribution in [3.63, 3.8) is 0 Å². The molecule has 0 aliphatic rings. The van der Waals surface area contributed by atoms with E-state index < -0.39 is 0 Å². The molecule has 0 atom stereocenters. The molecule has 2 nitrogen and oxygen atoms in total. The van der Waals surface area contributed by atoms with Crippen LogP contribution in [0.4, 0.5) is 0 Å². The van der Waals surface area contributed by atoms with Gasteiger partial charge in [-0.15, -0.1) is 0 Å². The Morgan fingerprint density at radius 3 is 2.62 bits per heavy atom. The fourth-order valence-electron chi connectivity index (χ4n) is 0.899. The van der Waals surface area contributed by atoms with Gasteiger partial charge < -0.3 is 0 Å². The highest BCUT2D eigenvalue weighted by Gasteiger charge is 2.08. The first-order valence-corrected chi connectivity index (χ1v) is 4.97. The molecule has 4 heteroatoms. The van der Waals surface area contributed by atoms with Gasteiger partial charge in [0.1, 0.15) is 0 Å². The molecule has 0 radical (unpaired) electrons. The van der Waals surface area contributed by atoms with E-state index in [2.05, 4.69) is 0 Å². The predicted octanol–water partition coefficient (Wildman–Crippen LogP) is 2.96. The van der Waals surface area contributed by atoms with Gasteiger partial charge in [0.2, 0.25) is 0 Å². The lowest BCUT2D eigenvalue weighted by Gasteiger charge is -2.02. The Kier molecular flexibility index (Phi) is 3.44. The lowest BCUT2D eigenvalue weighted by molar-refractivity contribution is 0.101. The number of hydrogen-bond donors (Lipinski definition) is 0. The van der Waals surface area contributed by atoms with Crippen LogP contribution in [0.25, 0.3) is 0 Å². The van der Waals surface area contributed by atoms with Gasteiger partial charge in [-0.3, -0.25) is 9.59 Å². The van der Waals surface area contributed by atoms with Crippen LogP contribution in [0.5, 0.6) is 0 Å². The maximum absolute atomic E-state index is 11.0. The Labute approximate surface area is 94.4 Å². The van der Waals surface area contributed by atoms with E-state index in [0.29, 0.717) is 26.0 Å². The summed E-state index contributed by atoms with van der Waals surface area (Å²) in [5.74, 6) is -0.0716. The van der Waals surface area contributed by atoms with Crippen molar-refractivity contribution in [2.45, 2.75) is 6.92 Å². The van der Waals surface area contributed by atoms with Crippen LogP contribution in [0, 0.1) is 3.57 Å². The molecule has 0 saturated heterocycles. The first-order chi connectivity index (χ1) is 6.06. The summed E-state index contributed by atoms with van der Waals surface area (Å²) < 4.78 is 0.717. The summed E-state index contributed by atoms with van der Waals surface area (Å²) in [5.41, 5.74) is 0.870. The molecule has 0 aliphatic heterocycles. The third kappa shape index (κ3) is 2.28. The van der Waals surface area contributed by atoms with Crippen LogP contribution in [0.3, 0.4) is 0 Å². The minimum Gasteiger partial charge on any atom is -0.298 e. The summed E-state index contributed by atoms with van der Waals surface area (Å²) in [6, 6.07) is 3.16. The van der Waals surface area contributed by atoms with Crippen LogP contribution in [0.1, 0.15) is 27.6 Å². The second-order valence-electron chi connectivity index (χ2n) is 2.54. The van der Waals surface area contributed by atoms with Crippen molar-refractivity contribution < 1.29 is 9.59 Å². The van der Waals surface area contributed by atoms with Gasteiger partial charge in [-0.05, 0) is 41.6 Å². The Hall–Kier alpha value is -0.420. The minimum absolute atomic E-state index is 0.0716. The van der Waals surface area contributed by atoms with Gasteiger partial charge in [-0.25, -0.2) is 0 Å². The second-order valence-corrected chi connectivity index (χ2v) is 4.08. The number of carbonyl (C=O) groups excluding carboxylic acids is 2. The molecule has 13 heavy (non-hydrogen) atoms. The quantitative estimate of drug-likeness (QED) is 0.478. The molecule has 0 amide bonds. The Bertz CT molecular complexity index is 374. The number of benzene rings is 1. The second kappa shape index (κ2) is 4.19. The number of hydrogen-bond acceptors (Lipinski definition) is 2. The van der Waals surface area contributed by atoms with Crippen molar-refractivity contribution in [2.24, 2.45) is 0 Å². The zero-order valence-electron chi connectivity index (χ0n) is 6.80. The SMILES string of the molecule is CC(=O)c1cc(I)c(Cl)c(C=O)c1. The Morgan fingerprint density at radius 2 is 2.15 bits per heavy atom. The average Bonchev–Trinajstić information content (AvgIpc) is 2.09. The smallest absolute Gasteiger partial charge is 0.159 e. The van der Waals surface area contributed by atoms with Gasteiger partial charge in [0, 0.05) is 14.7 Å². The predicted molar refractivity (Wildman–Crippen MR) is 59.6 cm³/mol. The number of Topliss-reactive ketones (excluding diaryl/α,β-unsaturated/α-hetero) is 1. The van der Waals surface area contributed by atoms with Crippen molar-refractivity contribution in [1.29, 1.82) is 0 Å². The van der Waals surface area contributed by atoms with E-state index in [9.17, 15) is 9.59 Å². The molecule has 0 spiro atoms. The fraction of sp³-hybridized carbons (Fsp3) is 0.111. The maximum atomic E-state index is 11.0. The zero-order chi connectivity index (χ0) is 10.0. The van der Waals surface area contributed by atoms with Crippen molar-refractivity contribution in [3.05, 3.63) is 31.9 Å². The Morgan fingerprint density at radius 1 is 1.54 bits per heavy atom. The van der Waals surface area contributed by atoms with Crippen molar-refractivity contribution in [1.82, 2.24) is 0 Å². The van der Waals surface area contributed by atoms with E-state index in [0.717, 1.165) is 0 Å². The van der Waals surface area contributed by atoms with Crippen molar-refractivity contribution >= 4 is 46.3 Å². The molecular formula is C9H6ClIO2. The van der Waals surface area contributed by atoms with Gasteiger partial charge in [0.15, 0.2) is 12.1 Å². The lowest BCUT2D eigenvalue weighted by atomic mass is 10.1. The highest BCUT2D eigenvalue weighted by molar-refractivity contribution is 14.1. The first-order valence-electron chi connectivity index (χ1n) is 3.51. The van der Waals surface area contributed by atoms with E-state index in [-0.39, 0.29) is 5.78 Å². The van der Waals surface area contributed by atoms with Gasteiger partial charge in [0.05, 0.1) is 5.02 Å². The zero-order valence-corrected chi connectivity index (χ0v) is 9.72. The van der Waals surface area contributed by atoms with Crippen LogP contribution < -0.4 is 0 Å². The summed E-state index contributed by atoms with van der Waals surface area (Å²) in [5, 5.41) is 0.403. The summed E-state index contributed by atoms with van der Waals surface area (Å²) >= 11 is 7.81. The molecule has 0 fully saturated rings. The van der Waals surface area contributed by atoms with Crippen LogP contribution in [0.15, 0.2) is 12.1 Å². The summed E-state index contributed by atoms with van der Waals surface area (Å²) in [7, 11) is 0. The molecule has 0 aliphatic carbocycles. The number of aldehydes is 1. The third-order valence-electron chi connectivity index (χ3n) is 1.59. The normalized spacial score (nSPS) is 9.77. The van der Waals surface area contributed by atoms with E-state index in [1.165, 1.54) is 13.0 Å². The van der Waals surface area contributed by atoms with E-state index in [4.69, 9.17) is 11.6 Å². The summed E-state index contributed by atoms with van der Waals surface area (Å²) in [6.07, 6.45) is 0.650. The summed E-state index contributed by atoms with van der Waals surface area (Å²) in [6.45, 7) is 1.45. The van der Waals surface area contributed by atoms with E-state index >= 15 is 0 Å². The molecule has 1 aromatic rings. The standard InChI is InChI=1S/C9H6ClIO2/c1-5(13)6-2-7(4-12)9(10)8(11)3-6/h2-4H,1H3. The lowest BCUT2D eigenvalue weighted by Crippen LogP contribution is -1.96. The van der Waals surface area contributed by atoms with E-state index in [1.807, 2.05) is 22.6 Å². The van der Waals surface area contributed by atoms with E-state index in [1.54, 1.807) is 6.07 Å². The van der Waals surface area contributed by atoms with Gasteiger partial charge >= 0.3 is 0 Å². The average molecular weight is 309 g/mol. The first kappa shape index (κ1) is 10.7. The monoisotopic (exact) mass is 308 g/mol. The molecule has 0 unspecified atom stereocenters. The largest absolute Gasteiger partial charge is 0.298 e. The molecular weight excluding hydrogens is 302 g/mol. The molecule has 0 saturated carbocycles. The van der Waals surface area contributed by atoms with Crippen LogP contribution in [0.2, 0.25) is 5.02 Å². The topological polar surface area (TPSA) is 34.1 Å². The maximum Gasteiger partial charge on any atom is 0.159 e. The Balaban J connectivity index is 3.38. The van der Waals surface area contributed by atoms with Crippen molar-refractivity contribution in [2.75, 3.05) is 0 Å².